The van der Waals surface area contributed by atoms with Gasteiger partial charge in [-0.1, -0.05) is 18.2 Å². The number of para-hydroxylation sites is 1. The number of nitrogens with two attached hydrogens (primary N) is 1. The number of nitrogen functional groups attached to an aromatic ring is 1. The maximum Gasteiger partial charge on any atom is 0.151 e. The Morgan fingerprint density at radius 1 is 1.13 bits per heavy atom. The van der Waals surface area contributed by atoms with Gasteiger partial charge in [0.1, 0.15) is 17.2 Å². The number of piperidine rings is 1. The number of nitroso groups, excluding NO2 is 1. The number of likely N-dealkylation sites (N-methyl/N-ethyl adjacent to an activating group) is 1. The van der Waals surface area contributed by atoms with Crippen LogP contribution < -0.4 is 20.8 Å². The second kappa shape index (κ2) is 9.44. The molecule has 0 bridgehead atoms. The number of hydrogen-bond acceptors (Lipinski definition) is 7. The van der Waals surface area contributed by atoms with Crippen LogP contribution in [0.1, 0.15) is 12.8 Å². The Morgan fingerprint density at radius 3 is 2.58 bits per heavy atom. The molecule has 1 aliphatic rings. The van der Waals surface area contributed by atoms with Gasteiger partial charge in [-0.2, -0.15) is 5.01 Å². The summed E-state index contributed by atoms with van der Waals surface area (Å²) >= 11 is 0. The lowest BCUT2D eigenvalue weighted by molar-refractivity contribution is 0.261. The average Bonchev–Trinajstić information content (AvgIpc) is 2.78. The van der Waals surface area contributed by atoms with Crippen LogP contribution in [0.2, 0.25) is 0 Å². The third-order valence-electron chi connectivity index (χ3n) is 5.29. The van der Waals surface area contributed by atoms with E-state index >= 15 is 0 Å². The Balaban J connectivity index is 1.58. The first-order valence-electron chi connectivity index (χ1n) is 10.3. The zero-order chi connectivity index (χ0) is 21.6. The van der Waals surface area contributed by atoms with E-state index in [-0.39, 0.29) is 11.9 Å². The van der Waals surface area contributed by atoms with Crippen molar-refractivity contribution in [1.29, 1.82) is 0 Å². The minimum Gasteiger partial charge on any atom is -0.457 e. The Hall–Kier alpha value is -3.65. The standard InChI is InChI=1S/C23H26N6O2/c1-28-15-5-6-17(16-28)26-21-13-14-25-23(24)22(21)29(27-30)18-9-11-20(12-10-18)31-19-7-3-2-4-8-19/h2-4,7-14,17H,5-6,15-16H2,1H3,(H3,24,25,26). The van der Waals surface area contributed by atoms with Gasteiger partial charge >= 0.3 is 0 Å². The summed E-state index contributed by atoms with van der Waals surface area (Å²) in [5, 5.41) is 8.03. The number of pyridine rings is 1. The van der Waals surface area contributed by atoms with Crippen LogP contribution in [0.3, 0.4) is 0 Å². The summed E-state index contributed by atoms with van der Waals surface area (Å²) in [7, 11) is 2.11. The van der Waals surface area contributed by atoms with Crippen LogP contribution in [0, 0.1) is 4.91 Å². The highest BCUT2D eigenvalue weighted by molar-refractivity contribution is 5.84. The van der Waals surface area contributed by atoms with Crippen LogP contribution in [-0.2, 0) is 0 Å². The van der Waals surface area contributed by atoms with E-state index in [4.69, 9.17) is 10.5 Å². The molecule has 1 fully saturated rings. The van der Waals surface area contributed by atoms with Gasteiger partial charge in [0.2, 0.25) is 0 Å². The van der Waals surface area contributed by atoms with Crippen LogP contribution in [0.4, 0.5) is 22.9 Å². The van der Waals surface area contributed by atoms with E-state index in [2.05, 4.69) is 27.5 Å². The molecule has 3 aromatic rings. The summed E-state index contributed by atoms with van der Waals surface area (Å²) in [6.07, 6.45) is 3.79. The third-order valence-corrected chi connectivity index (χ3v) is 5.29. The molecule has 0 aliphatic carbocycles. The molecule has 8 heteroatoms. The third kappa shape index (κ3) is 4.92. The maximum absolute atomic E-state index is 11.9. The zero-order valence-corrected chi connectivity index (χ0v) is 17.4. The van der Waals surface area contributed by atoms with E-state index in [0.717, 1.165) is 37.4 Å². The molecule has 1 unspecified atom stereocenters. The monoisotopic (exact) mass is 418 g/mol. The van der Waals surface area contributed by atoms with Crippen molar-refractivity contribution in [2.75, 3.05) is 36.2 Å². The molecule has 0 amide bonds. The predicted molar refractivity (Wildman–Crippen MR) is 124 cm³/mol. The van der Waals surface area contributed by atoms with Crippen LogP contribution in [0.5, 0.6) is 11.5 Å². The van der Waals surface area contributed by atoms with E-state index in [1.165, 1.54) is 5.01 Å². The van der Waals surface area contributed by atoms with Crippen molar-refractivity contribution in [1.82, 2.24) is 9.88 Å². The van der Waals surface area contributed by atoms with Crippen molar-refractivity contribution < 1.29 is 4.74 Å². The van der Waals surface area contributed by atoms with Gasteiger partial charge in [-0.25, -0.2) is 4.98 Å². The highest BCUT2D eigenvalue weighted by Crippen LogP contribution is 2.38. The number of likely N-dealkylation sites (tertiary alicyclic amines) is 1. The van der Waals surface area contributed by atoms with Gasteiger partial charge in [-0.05, 0) is 68.9 Å². The maximum atomic E-state index is 11.9. The Morgan fingerprint density at radius 2 is 1.87 bits per heavy atom. The largest absolute Gasteiger partial charge is 0.457 e. The molecular formula is C23H26N6O2. The Kier molecular flexibility index (Phi) is 6.28. The van der Waals surface area contributed by atoms with Crippen molar-refractivity contribution in [3.05, 3.63) is 71.8 Å². The molecule has 0 radical (unpaired) electrons. The minimum atomic E-state index is 0.235. The number of nitrogens with one attached hydrogen (secondary N) is 1. The van der Waals surface area contributed by atoms with Crippen molar-refractivity contribution in [2.45, 2.75) is 18.9 Å². The van der Waals surface area contributed by atoms with Gasteiger partial charge < -0.3 is 20.7 Å². The fraction of sp³-hybridized carbons (Fsp3) is 0.261. The van der Waals surface area contributed by atoms with E-state index < -0.39 is 0 Å². The second-order valence-corrected chi connectivity index (χ2v) is 7.64. The van der Waals surface area contributed by atoms with Gasteiger partial charge in [-0.3, -0.25) is 0 Å². The van der Waals surface area contributed by atoms with Crippen LogP contribution in [0.15, 0.2) is 72.1 Å². The number of rotatable bonds is 7. The number of anilines is 4. The number of nitrogens with zero attached hydrogens (tertiary/aromatic N) is 4. The van der Waals surface area contributed by atoms with E-state index in [9.17, 15) is 4.91 Å². The summed E-state index contributed by atoms with van der Waals surface area (Å²) in [6.45, 7) is 2.00. The molecule has 1 saturated heterocycles. The van der Waals surface area contributed by atoms with Crippen LogP contribution >= 0.6 is 0 Å². The minimum absolute atomic E-state index is 0.235. The fourth-order valence-electron chi connectivity index (χ4n) is 3.81. The molecule has 1 aromatic heterocycles. The summed E-state index contributed by atoms with van der Waals surface area (Å²) in [4.78, 5) is 18.3. The molecule has 0 saturated carbocycles. The zero-order valence-electron chi connectivity index (χ0n) is 17.4. The normalized spacial score (nSPS) is 16.5. The second-order valence-electron chi connectivity index (χ2n) is 7.64. The SMILES string of the molecule is CN1CCCC(Nc2ccnc(N)c2N(N=O)c2ccc(Oc3ccccc3)cc2)C1. The molecular weight excluding hydrogens is 392 g/mol. The lowest BCUT2D eigenvalue weighted by atomic mass is 10.1. The first kappa shape index (κ1) is 20.6. The Bertz CT molecular complexity index is 1010. The van der Waals surface area contributed by atoms with Gasteiger partial charge in [0, 0.05) is 18.8 Å². The molecule has 0 spiro atoms. The predicted octanol–water partition coefficient (Wildman–Crippen LogP) is 4.78. The van der Waals surface area contributed by atoms with Crippen molar-refractivity contribution >= 4 is 22.9 Å². The molecule has 31 heavy (non-hydrogen) atoms. The fourth-order valence-corrected chi connectivity index (χ4v) is 3.81. The molecule has 8 nitrogen and oxygen atoms in total. The van der Waals surface area contributed by atoms with Crippen molar-refractivity contribution in [2.24, 2.45) is 5.29 Å². The van der Waals surface area contributed by atoms with Gasteiger partial charge in [0.25, 0.3) is 0 Å². The first-order chi connectivity index (χ1) is 15.1. The van der Waals surface area contributed by atoms with Gasteiger partial charge in [0.05, 0.1) is 16.7 Å². The number of benzene rings is 2. The number of aromatic nitrogens is 1. The van der Waals surface area contributed by atoms with E-state index in [1.807, 2.05) is 36.4 Å². The van der Waals surface area contributed by atoms with Crippen LogP contribution in [-0.4, -0.2) is 36.1 Å². The summed E-state index contributed by atoms with van der Waals surface area (Å²) < 4.78 is 5.83. The van der Waals surface area contributed by atoms with E-state index in [0.29, 0.717) is 17.1 Å². The van der Waals surface area contributed by atoms with Gasteiger partial charge in [0.15, 0.2) is 5.82 Å². The van der Waals surface area contributed by atoms with E-state index in [1.54, 1.807) is 30.5 Å². The smallest absolute Gasteiger partial charge is 0.151 e. The summed E-state index contributed by atoms with van der Waals surface area (Å²) in [5.74, 6) is 1.63. The quantitative estimate of drug-likeness (QED) is 0.421. The topological polar surface area (TPSA) is 96.1 Å². The highest BCUT2D eigenvalue weighted by Gasteiger charge is 2.23. The molecule has 2 aromatic carbocycles. The molecule has 160 valence electrons. The van der Waals surface area contributed by atoms with Crippen molar-refractivity contribution in [3.63, 3.8) is 0 Å². The molecule has 3 N–H and O–H groups in total. The molecule has 1 aliphatic heterocycles. The lowest BCUT2D eigenvalue weighted by Crippen LogP contribution is -2.40. The molecule has 2 heterocycles. The average molecular weight is 419 g/mol. The van der Waals surface area contributed by atoms with Gasteiger partial charge in [-0.15, -0.1) is 4.91 Å². The number of hydrogen-bond donors (Lipinski definition) is 2. The van der Waals surface area contributed by atoms with Crippen molar-refractivity contribution in [3.8, 4) is 11.5 Å². The first-order valence-corrected chi connectivity index (χ1v) is 10.3. The van der Waals surface area contributed by atoms with Crippen LogP contribution in [0.25, 0.3) is 0 Å². The summed E-state index contributed by atoms with van der Waals surface area (Å²) in [6, 6.07) is 18.7. The number of ether oxygens (including phenoxy) is 1. The lowest BCUT2D eigenvalue weighted by Gasteiger charge is -2.32. The summed E-state index contributed by atoms with van der Waals surface area (Å²) in [5.41, 5.74) is 7.92. The Labute approximate surface area is 181 Å². The molecule has 1 atom stereocenters. The molecule has 4 rings (SSSR count). The highest BCUT2D eigenvalue weighted by atomic mass is 16.5.